The molecule has 0 atom stereocenters. The number of halogens is 1. The average Bonchev–Trinajstić information content (AvgIpc) is 2.82. The van der Waals surface area contributed by atoms with Gasteiger partial charge in [-0.25, -0.2) is 0 Å². The van der Waals surface area contributed by atoms with E-state index in [9.17, 15) is 14.4 Å². The van der Waals surface area contributed by atoms with Gasteiger partial charge in [0.2, 0.25) is 5.91 Å². The molecule has 0 aliphatic carbocycles. The van der Waals surface area contributed by atoms with E-state index in [0.717, 1.165) is 10.9 Å². The number of carbonyl (C=O) groups is 3. The van der Waals surface area contributed by atoms with Gasteiger partial charge in [-0.3, -0.25) is 25.2 Å². The van der Waals surface area contributed by atoms with Gasteiger partial charge < -0.3 is 9.72 Å². The van der Waals surface area contributed by atoms with Crippen molar-refractivity contribution < 1.29 is 19.1 Å². The lowest BCUT2D eigenvalue weighted by Crippen LogP contribution is -2.42. The summed E-state index contributed by atoms with van der Waals surface area (Å²) in [6.07, 6.45) is -0.463. The number of hydrogen-bond donors (Lipinski definition) is 3. The summed E-state index contributed by atoms with van der Waals surface area (Å²) in [5.74, 6) is -1.84. The Bertz CT molecular complexity index is 769. The molecule has 0 saturated carbocycles. The standard InChI is InChI=1S/C15H16ClN3O4/c1-3-23-13(21)7-12(20)18-19-15(22)14-8(2)10-6-9(16)4-5-11(10)17-14/h4-6,17H,3,7H2,1-2H3,(H,18,20)(H,19,22). The molecule has 0 fully saturated rings. The number of aryl methyl sites for hydroxylation is 1. The zero-order valence-corrected chi connectivity index (χ0v) is 13.4. The molecule has 7 nitrogen and oxygen atoms in total. The van der Waals surface area contributed by atoms with E-state index in [1.165, 1.54) is 0 Å². The molecule has 1 heterocycles. The predicted octanol–water partition coefficient (Wildman–Crippen LogP) is 1.84. The van der Waals surface area contributed by atoms with Crippen molar-refractivity contribution >= 4 is 40.3 Å². The molecular weight excluding hydrogens is 322 g/mol. The number of hydrazine groups is 1. The number of ether oxygens (including phenoxy) is 1. The second kappa shape index (κ2) is 7.15. The lowest BCUT2D eigenvalue weighted by molar-refractivity contribution is -0.146. The van der Waals surface area contributed by atoms with Gasteiger partial charge in [-0.2, -0.15) is 0 Å². The topological polar surface area (TPSA) is 100 Å². The molecule has 8 heteroatoms. The largest absolute Gasteiger partial charge is 0.466 e. The van der Waals surface area contributed by atoms with Crippen molar-refractivity contribution in [2.75, 3.05) is 6.61 Å². The van der Waals surface area contributed by atoms with Gasteiger partial charge in [0.05, 0.1) is 6.61 Å². The number of aromatic nitrogens is 1. The molecule has 3 N–H and O–H groups in total. The summed E-state index contributed by atoms with van der Waals surface area (Å²) in [7, 11) is 0. The van der Waals surface area contributed by atoms with Crippen LogP contribution in [0.4, 0.5) is 0 Å². The number of fused-ring (bicyclic) bond motifs is 1. The predicted molar refractivity (Wildman–Crippen MR) is 84.9 cm³/mol. The summed E-state index contributed by atoms with van der Waals surface area (Å²) in [6.45, 7) is 3.60. The molecule has 122 valence electrons. The first-order chi connectivity index (χ1) is 10.9. The van der Waals surface area contributed by atoms with Gasteiger partial charge >= 0.3 is 5.97 Å². The van der Waals surface area contributed by atoms with Gasteiger partial charge in [0.1, 0.15) is 12.1 Å². The van der Waals surface area contributed by atoms with E-state index < -0.39 is 24.2 Å². The second-order valence-corrected chi connectivity index (χ2v) is 5.24. The quantitative estimate of drug-likeness (QED) is 0.450. The Morgan fingerprint density at radius 1 is 1.26 bits per heavy atom. The lowest BCUT2D eigenvalue weighted by Gasteiger charge is -2.06. The van der Waals surface area contributed by atoms with Crippen molar-refractivity contribution in [3.63, 3.8) is 0 Å². The van der Waals surface area contributed by atoms with Crippen LogP contribution in [-0.2, 0) is 14.3 Å². The molecule has 0 aliphatic heterocycles. The van der Waals surface area contributed by atoms with Gasteiger partial charge in [0.15, 0.2) is 0 Å². The molecular formula is C15H16ClN3O4. The first-order valence-electron chi connectivity index (χ1n) is 6.95. The van der Waals surface area contributed by atoms with Crippen LogP contribution in [0.15, 0.2) is 18.2 Å². The first kappa shape index (κ1) is 16.8. The normalized spacial score (nSPS) is 10.4. The Labute approximate surface area is 137 Å². The van der Waals surface area contributed by atoms with Crippen LogP contribution in [-0.4, -0.2) is 29.4 Å². The van der Waals surface area contributed by atoms with E-state index in [0.29, 0.717) is 16.3 Å². The maximum atomic E-state index is 12.1. The van der Waals surface area contributed by atoms with Crippen LogP contribution in [0, 0.1) is 6.92 Å². The van der Waals surface area contributed by atoms with Crippen molar-refractivity contribution in [3.05, 3.63) is 34.5 Å². The van der Waals surface area contributed by atoms with Crippen molar-refractivity contribution in [2.45, 2.75) is 20.3 Å². The number of H-pyrrole nitrogens is 1. The molecule has 1 aromatic carbocycles. The fourth-order valence-corrected chi connectivity index (χ4v) is 2.27. The molecule has 2 amide bonds. The van der Waals surface area contributed by atoms with Crippen LogP contribution in [0.2, 0.25) is 5.02 Å². The third-order valence-corrected chi connectivity index (χ3v) is 3.41. The molecule has 0 saturated heterocycles. The zero-order chi connectivity index (χ0) is 17.0. The smallest absolute Gasteiger partial charge is 0.315 e. The van der Waals surface area contributed by atoms with Crippen molar-refractivity contribution in [1.82, 2.24) is 15.8 Å². The summed E-state index contributed by atoms with van der Waals surface area (Å²) in [5, 5.41) is 1.38. The maximum Gasteiger partial charge on any atom is 0.315 e. The number of nitrogens with one attached hydrogen (secondary N) is 3. The number of amides is 2. The molecule has 1 aromatic heterocycles. The Hall–Kier alpha value is -2.54. The monoisotopic (exact) mass is 337 g/mol. The van der Waals surface area contributed by atoms with E-state index in [-0.39, 0.29) is 6.61 Å². The third-order valence-electron chi connectivity index (χ3n) is 3.17. The Kier molecular flexibility index (Phi) is 5.23. The number of hydrogen-bond acceptors (Lipinski definition) is 4. The van der Waals surface area contributed by atoms with E-state index in [1.807, 2.05) is 0 Å². The average molecular weight is 338 g/mol. The minimum Gasteiger partial charge on any atom is -0.466 e. The van der Waals surface area contributed by atoms with Crippen LogP contribution in [0.1, 0.15) is 29.4 Å². The van der Waals surface area contributed by atoms with E-state index in [4.69, 9.17) is 11.6 Å². The Balaban J connectivity index is 2.02. The third kappa shape index (κ3) is 4.01. The van der Waals surface area contributed by atoms with Gasteiger partial charge in [-0.1, -0.05) is 11.6 Å². The lowest BCUT2D eigenvalue weighted by atomic mass is 10.1. The van der Waals surface area contributed by atoms with Crippen molar-refractivity contribution in [3.8, 4) is 0 Å². The highest BCUT2D eigenvalue weighted by Gasteiger charge is 2.16. The van der Waals surface area contributed by atoms with Crippen molar-refractivity contribution in [2.24, 2.45) is 0 Å². The molecule has 0 radical (unpaired) electrons. The highest BCUT2D eigenvalue weighted by Crippen LogP contribution is 2.24. The summed E-state index contributed by atoms with van der Waals surface area (Å²) < 4.78 is 4.64. The van der Waals surface area contributed by atoms with E-state index >= 15 is 0 Å². The second-order valence-electron chi connectivity index (χ2n) is 4.80. The van der Waals surface area contributed by atoms with E-state index in [2.05, 4.69) is 20.6 Å². The van der Waals surface area contributed by atoms with Crippen LogP contribution in [0.5, 0.6) is 0 Å². The summed E-state index contributed by atoms with van der Waals surface area (Å²) in [4.78, 5) is 37.8. The van der Waals surface area contributed by atoms with Gasteiger partial charge in [-0.05, 0) is 37.6 Å². The summed E-state index contributed by atoms with van der Waals surface area (Å²) in [5.41, 5.74) is 6.19. The summed E-state index contributed by atoms with van der Waals surface area (Å²) >= 11 is 5.94. The van der Waals surface area contributed by atoms with Crippen LogP contribution in [0.3, 0.4) is 0 Å². The fourth-order valence-electron chi connectivity index (χ4n) is 2.10. The number of aromatic amines is 1. The molecule has 0 bridgehead atoms. The fraction of sp³-hybridized carbons (Fsp3) is 0.267. The minimum absolute atomic E-state index is 0.190. The number of benzene rings is 1. The van der Waals surface area contributed by atoms with E-state index in [1.54, 1.807) is 32.0 Å². The first-order valence-corrected chi connectivity index (χ1v) is 7.32. The number of carbonyl (C=O) groups excluding carboxylic acids is 3. The number of rotatable bonds is 4. The van der Waals surface area contributed by atoms with Crippen molar-refractivity contribution in [1.29, 1.82) is 0 Å². The molecule has 0 aliphatic rings. The Morgan fingerprint density at radius 3 is 2.70 bits per heavy atom. The highest BCUT2D eigenvalue weighted by atomic mass is 35.5. The zero-order valence-electron chi connectivity index (χ0n) is 12.7. The number of esters is 1. The molecule has 2 aromatic rings. The highest BCUT2D eigenvalue weighted by molar-refractivity contribution is 6.31. The van der Waals surface area contributed by atoms with Gasteiger partial charge in [-0.15, -0.1) is 0 Å². The Morgan fingerprint density at radius 2 is 2.00 bits per heavy atom. The van der Waals surface area contributed by atoms with Crippen LogP contribution in [0.25, 0.3) is 10.9 Å². The molecule has 0 spiro atoms. The maximum absolute atomic E-state index is 12.1. The SMILES string of the molecule is CCOC(=O)CC(=O)NNC(=O)c1[nH]c2ccc(Cl)cc2c1C. The van der Waals surface area contributed by atoms with Gasteiger partial charge in [0.25, 0.3) is 5.91 Å². The van der Waals surface area contributed by atoms with Crippen LogP contribution >= 0.6 is 11.6 Å². The van der Waals surface area contributed by atoms with Gasteiger partial charge in [0, 0.05) is 15.9 Å². The van der Waals surface area contributed by atoms with Crippen LogP contribution < -0.4 is 10.9 Å². The molecule has 2 rings (SSSR count). The minimum atomic E-state index is -0.659. The molecule has 0 unspecified atom stereocenters. The summed E-state index contributed by atoms with van der Waals surface area (Å²) in [6, 6.07) is 5.22. The molecule has 23 heavy (non-hydrogen) atoms.